The van der Waals surface area contributed by atoms with Crippen molar-refractivity contribution in [2.75, 3.05) is 40.3 Å². The fourth-order valence-electron chi connectivity index (χ4n) is 2.58. The summed E-state index contributed by atoms with van der Waals surface area (Å²) >= 11 is 0. The number of hydrogen-bond donors (Lipinski definition) is 2. The van der Waals surface area contributed by atoms with Crippen LogP contribution in [0.25, 0.3) is 0 Å². The van der Waals surface area contributed by atoms with E-state index < -0.39 is 11.9 Å². The van der Waals surface area contributed by atoms with E-state index in [4.69, 9.17) is 18.9 Å². The summed E-state index contributed by atoms with van der Waals surface area (Å²) in [6, 6.07) is 10.4. The molecule has 0 aliphatic heterocycles. The first-order valence-electron chi connectivity index (χ1n) is 8.53. The molecule has 0 radical (unpaired) electrons. The average molecular weight is 388 g/mol. The Labute approximate surface area is 163 Å². The first-order chi connectivity index (χ1) is 13.5. The van der Waals surface area contributed by atoms with Crippen LogP contribution in [0.4, 0.5) is 5.69 Å². The minimum absolute atomic E-state index is 0.209. The smallest absolute Gasteiger partial charge is 0.340 e. The van der Waals surface area contributed by atoms with Gasteiger partial charge in [0.25, 0.3) is 5.91 Å². The minimum atomic E-state index is -0.576. The predicted octanol–water partition coefficient (Wildman–Crippen LogP) is 2.23. The molecule has 2 rings (SSSR count). The van der Waals surface area contributed by atoms with Crippen molar-refractivity contribution in [3.63, 3.8) is 0 Å². The lowest BCUT2D eigenvalue weighted by Crippen LogP contribution is -2.28. The molecule has 8 nitrogen and oxygen atoms in total. The maximum Gasteiger partial charge on any atom is 0.340 e. The monoisotopic (exact) mass is 388 g/mol. The number of methoxy groups -OCH3 is 3. The van der Waals surface area contributed by atoms with E-state index in [0.29, 0.717) is 28.5 Å². The van der Waals surface area contributed by atoms with Gasteiger partial charge in [-0.3, -0.25) is 4.79 Å². The molecule has 0 fully saturated rings. The maximum absolute atomic E-state index is 12.2. The van der Waals surface area contributed by atoms with Gasteiger partial charge < -0.3 is 29.6 Å². The van der Waals surface area contributed by atoms with Gasteiger partial charge in [0.2, 0.25) is 5.75 Å². The Morgan fingerprint density at radius 1 is 0.964 bits per heavy atom. The fraction of sp³-hybridized carbons (Fsp3) is 0.300. The van der Waals surface area contributed by atoms with E-state index in [9.17, 15) is 9.59 Å². The third-order valence-corrected chi connectivity index (χ3v) is 3.96. The number of amides is 1. The Morgan fingerprint density at radius 3 is 2.18 bits per heavy atom. The number of hydrogen-bond acceptors (Lipinski definition) is 7. The van der Waals surface area contributed by atoms with Gasteiger partial charge in [0.15, 0.2) is 18.1 Å². The standard InChI is InChI=1S/C20H24N2O6/c1-21-15-8-6-5-7-14(15)20(24)28-12-18(23)22-11-13-9-16(25-2)19(27-4)17(10-13)26-3/h5-10,21H,11-12H2,1-4H3,(H,22,23). The molecule has 0 bridgehead atoms. The summed E-state index contributed by atoms with van der Waals surface area (Å²) in [5.41, 5.74) is 1.74. The molecule has 0 saturated carbocycles. The molecule has 2 aromatic rings. The van der Waals surface area contributed by atoms with E-state index in [1.54, 1.807) is 43.4 Å². The molecular weight excluding hydrogens is 364 g/mol. The SMILES string of the molecule is CNc1ccccc1C(=O)OCC(=O)NCc1cc(OC)c(OC)c(OC)c1. The zero-order valence-corrected chi connectivity index (χ0v) is 16.3. The van der Waals surface area contributed by atoms with E-state index in [1.165, 1.54) is 21.3 Å². The number of rotatable bonds is 9. The molecular formula is C20H24N2O6. The molecule has 0 spiro atoms. The molecule has 0 saturated heterocycles. The van der Waals surface area contributed by atoms with Gasteiger partial charge in [0.05, 0.1) is 26.9 Å². The normalized spacial score (nSPS) is 10.0. The van der Waals surface area contributed by atoms with Gasteiger partial charge in [0.1, 0.15) is 0 Å². The number of carbonyl (C=O) groups is 2. The Morgan fingerprint density at radius 2 is 1.61 bits per heavy atom. The molecule has 28 heavy (non-hydrogen) atoms. The largest absolute Gasteiger partial charge is 0.493 e. The Hall–Kier alpha value is -3.42. The van der Waals surface area contributed by atoms with Gasteiger partial charge in [-0.25, -0.2) is 4.79 Å². The summed E-state index contributed by atoms with van der Waals surface area (Å²) in [6.07, 6.45) is 0. The second-order valence-corrected chi connectivity index (χ2v) is 5.68. The summed E-state index contributed by atoms with van der Waals surface area (Å²) in [4.78, 5) is 24.2. The number of carbonyl (C=O) groups excluding carboxylic acids is 2. The quantitative estimate of drug-likeness (QED) is 0.636. The highest BCUT2D eigenvalue weighted by molar-refractivity contribution is 5.96. The van der Waals surface area contributed by atoms with Gasteiger partial charge >= 0.3 is 5.97 Å². The zero-order chi connectivity index (χ0) is 20.5. The summed E-state index contributed by atoms with van der Waals surface area (Å²) in [5, 5.41) is 5.60. The first-order valence-corrected chi connectivity index (χ1v) is 8.53. The second kappa shape index (κ2) is 10.1. The van der Waals surface area contributed by atoms with Crippen LogP contribution in [-0.2, 0) is 16.1 Å². The van der Waals surface area contributed by atoms with Crippen LogP contribution in [0.3, 0.4) is 0 Å². The van der Waals surface area contributed by atoms with Crippen molar-refractivity contribution in [2.24, 2.45) is 0 Å². The lowest BCUT2D eigenvalue weighted by atomic mass is 10.1. The highest BCUT2D eigenvalue weighted by Crippen LogP contribution is 2.38. The van der Waals surface area contributed by atoms with E-state index in [0.717, 1.165) is 5.56 Å². The van der Waals surface area contributed by atoms with Crippen LogP contribution in [0.2, 0.25) is 0 Å². The number of anilines is 1. The van der Waals surface area contributed by atoms with Gasteiger partial charge in [0, 0.05) is 19.3 Å². The topological polar surface area (TPSA) is 95.1 Å². The highest BCUT2D eigenvalue weighted by atomic mass is 16.5. The van der Waals surface area contributed by atoms with E-state index in [2.05, 4.69) is 10.6 Å². The number of para-hydroxylation sites is 1. The van der Waals surface area contributed by atoms with Crippen molar-refractivity contribution in [2.45, 2.75) is 6.54 Å². The fourth-order valence-corrected chi connectivity index (χ4v) is 2.58. The summed E-state index contributed by atoms with van der Waals surface area (Å²) in [5.74, 6) is 0.441. The summed E-state index contributed by atoms with van der Waals surface area (Å²) < 4.78 is 20.9. The number of benzene rings is 2. The van der Waals surface area contributed by atoms with Crippen molar-refractivity contribution in [3.05, 3.63) is 47.5 Å². The van der Waals surface area contributed by atoms with E-state index in [1.807, 2.05) is 0 Å². The lowest BCUT2D eigenvalue weighted by molar-refractivity contribution is -0.124. The number of esters is 1. The van der Waals surface area contributed by atoms with Gasteiger partial charge in [-0.1, -0.05) is 12.1 Å². The molecule has 1 amide bonds. The predicted molar refractivity (Wildman–Crippen MR) is 104 cm³/mol. The van der Waals surface area contributed by atoms with Crippen LogP contribution in [-0.4, -0.2) is 46.9 Å². The van der Waals surface area contributed by atoms with Crippen molar-refractivity contribution in [3.8, 4) is 17.2 Å². The number of ether oxygens (including phenoxy) is 4. The molecule has 0 aliphatic carbocycles. The number of nitrogens with one attached hydrogen (secondary N) is 2. The van der Waals surface area contributed by atoms with Gasteiger partial charge in [-0.2, -0.15) is 0 Å². The van der Waals surface area contributed by atoms with Crippen LogP contribution in [0.1, 0.15) is 15.9 Å². The van der Waals surface area contributed by atoms with Crippen molar-refractivity contribution in [1.82, 2.24) is 5.32 Å². The molecule has 0 aliphatic rings. The van der Waals surface area contributed by atoms with Crippen LogP contribution < -0.4 is 24.8 Å². The summed E-state index contributed by atoms with van der Waals surface area (Å²) in [6.45, 7) is -0.179. The molecule has 0 heterocycles. The third kappa shape index (κ3) is 5.06. The van der Waals surface area contributed by atoms with Crippen molar-refractivity contribution in [1.29, 1.82) is 0 Å². The van der Waals surface area contributed by atoms with Crippen LogP contribution in [0.15, 0.2) is 36.4 Å². The molecule has 0 atom stereocenters. The molecule has 0 aromatic heterocycles. The molecule has 8 heteroatoms. The first kappa shape index (κ1) is 20.9. The highest BCUT2D eigenvalue weighted by Gasteiger charge is 2.15. The van der Waals surface area contributed by atoms with Crippen LogP contribution in [0, 0.1) is 0 Å². The minimum Gasteiger partial charge on any atom is -0.493 e. The maximum atomic E-state index is 12.2. The molecule has 0 unspecified atom stereocenters. The Bertz CT molecular complexity index is 812. The molecule has 2 N–H and O–H groups in total. The van der Waals surface area contributed by atoms with E-state index >= 15 is 0 Å². The van der Waals surface area contributed by atoms with Crippen LogP contribution >= 0.6 is 0 Å². The Kier molecular flexibility index (Phi) is 7.50. The Balaban J connectivity index is 1.95. The third-order valence-electron chi connectivity index (χ3n) is 3.96. The molecule has 150 valence electrons. The zero-order valence-electron chi connectivity index (χ0n) is 16.3. The second-order valence-electron chi connectivity index (χ2n) is 5.68. The summed E-state index contributed by atoms with van der Waals surface area (Å²) in [7, 11) is 6.25. The van der Waals surface area contributed by atoms with Gasteiger partial charge in [-0.15, -0.1) is 0 Å². The van der Waals surface area contributed by atoms with Crippen molar-refractivity contribution < 1.29 is 28.5 Å². The van der Waals surface area contributed by atoms with E-state index in [-0.39, 0.29) is 13.2 Å². The lowest BCUT2D eigenvalue weighted by Gasteiger charge is -2.14. The molecule has 2 aromatic carbocycles. The average Bonchev–Trinajstić information content (AvgIpc) is 2.74. The van der Waals surface area contributed by atoms with Gasteiger partial charge in [-0.05, 0) is 29.8 Å². The van der Waals surface area contributed by atoms with Crippen LogP contribution in [0.5, 0.6) is 17.2 Å². The van der Waals surface area contributed by atoms with Crippen molar-refractivity contribution >= 4 is 17.6 Å².